The first-order valence-corrected chi connectivity index (χ1v) is 7.34. The van der Waals surface area contributed by atoms with Crippen molar-refractivity contribution in [1.29, 1.82) is 0 Å². The van der Waals surface area contributed by atoms with Crippen LogP contribution in [-0.4, -0.2) is 35.8 Å². The van der Waals surface area contributed by atoms with Crippen molar-refractivity contribution in [1.82, 2.24) is 15.3 Å². The molecule has 0 bridgehead atoms. The Kier molecular flexibility index (Phi) is 5.39. The van der Waals surface area contributed by atoms with E-state index in [9.17, 15) is 13.2 Å². The Labute approximate surface area is 122 Å². The second kappa shape index (κ2) is 7.06. The van der Waals surface area contributed by atoms with Crippen LogP contribution in [0.2, 0.25) is 0 Å². The second-order valence-electron chi connectivity index (χ2n) is 5.35. The molecule has 1 aromatic heterocycles. The molecular weight excluding hydrogens is 281 g/mol. The minimum absolute atomic E-state index is 0.130. The van der Waals surface area contributed by atoms with E-state index < -0.39 is 12.1 Å². The molecule has 0 aromatic carbocycles. The van der Waals surface area contributed by atoms with Crippen molar-refractivity contribution < 1.29 is 13.2 Å². The van der Waals surface area contributed by atoms with Crippen molar-refractivity contribution in [3.63, 3.8) is 0 Å². The van der Waals surface area contributed by atoms with E-state index in [4.69, 9.17) is 0 Å². The van der Waals surface area contributed by atoms with Crippen LogP contribution in [-0.2, 0) is 6.54 Å². The second-order valence-corrected chi connectivity index (χ2v) is 5.35. The molecule has 2 rings (SSSR count). The number of hydrogen-bond donors (Lipinski definition) is 1. The van der Waals surface area contributed by atoms with Crippen LogP contribution in [0, 0.1) is 5.92 Å². The van der Waals surface area contributed by atoms with Gasteiger partial charge >= 0.3 is 6.18 Å². The van der Waals surface area contributed by atoms with Crippen LogP contribution in [0.25, 0.3) is 0 Å². The number of alkyl halides is 3. The Morgan fingerprint density at radius 3 is 2.48 bits per heavy atom. The van der Waals surface area contributed by atoms with Gasteiger partial charge in [-0.25, -0.2) is 4.98 Å². The molecule has 0 aliphatic carbocycles. The maximum atomic E-state index is 12.6. The number of hydrogen-bond acceptors (Lipinski definition) is 4. The van der Waals surface area contributed by atoms with Gasteiger partial charge in [0.2, 0.25) is 0 Å². The predicted molar refractivity (Wildman–Crippen MR) is 75.0 cm³/mol. The Morgan fingerprint density at radius 1 is 1.24 bits per heavy atom. The van der Waals surface area contributed by atoms with E-state index in [2.05, 4.69) is 22.2 Å². The lowest BCUT2D eigenvalue weighted by Gasteiger charge is -2.33. The molecule has 1 aliphatic heterocycles. The lowest BCUT2D eigenvalue weighted by molar-refractivity contribution is -0.179. The molecule has 1 aliphatic rings. The summed E-state index contributed by atoms with van der Waals surface area (Å²) in [5, 5.41) is 3.23. The van der Waals surface area contributed by atoms with Crippen LogP contribution < -0.4 is 10.2 Å². The van der Waals surface area contributed by atoms with E-state index >= 15 is 0 Å². The van der Waals surface area contributed by atoms with Crippen molar-refractivity contribution in [2.45, 2.75) is 38.9 Å². The van der Waals surface area contributed by atoms with Gasteiger partial charge in [-0.2, -0.15) is 13.2 Å². The SMILES string of the molecule is CCCNCc1cnc(N2CCC(C(F)(F)F)CC2)cn1. The summed E-state index contributed by atoms with van der Waals surface area (Å²) in [4.78, 5) is 10.5. The molecule has 0 atom stereocenters. The summed E-state index contributed by atoms with van der Waals surface area (Å²) in [6, 6.07) is 0. The zero-order valence-corrected chi connectivity index (χ0v) is 12.2. The molecule has 1 aromatic rings. The molecule has 0 radical (unpaired) electrons. The fourth-order valence-corrected chi connectivity index (χ4v) is 2.43. The van der Waals surface area contributed by atoms with Crippen molar-refractivity contribution in [2.75, 3.05) is 24.5 Å². The molecule has 0 spiro atoms. The normalized spacial score (nSPS) is 17.2. The summed E-state index contributed by atoms with van der Waals surface area (Å²) in [5.41, 5.74) is 0.845. The largest absolute Gasteiger partial charge is 0.391 e. The van der Waals surface area contributed by atoms with Crippen molar-refractivity contribution in [3.05, 3.63) is 18.1 Å². The van der Waals surface area contributed by atoms with E-state index in [1.54, 1.807) is 12.4 Å². The number of halogens is 3. The van der Waals surface area contributed by atoms with Crippen LogP contribution >= 0.6 is 0 Å². The fraction of sp³-hybridized carbons (Fsp3) is 0.714. The molecule has 118 valence electrons. The molecule has 0 saturated carbocycles. The van der Waals surface area contributed by atoms with Gasteiger partial charge in [0.1, 0.15) is 5.82 Å². The highest BCUT2D eigenvalue weighted by atomic mass is 19.4. The minimum Gasteiger partial charge on any atom is -0.355 e. The predicted octanol–water partition coefficient (Wildman–Crippen LogP) is 2.75. The smallest absolute Gasteiger partial charge is 0.355 e. The van der Waals surface area contributed by atoms with Gasteiger partial charge in [0.05, 0.1) is 24.0 Å². The minimum atomic E-state index is -4.08. The molecule has 4 nitrogen and oxygen atoms in total. The molecule has 0 unspecified atom stereocenters. The molecule has 7 heteroatoms. The highest BCUT2D eigenvalue weighted by molar-refractivity contribution is 5.36. The molecular formula is C14H21F3N4. The number of nitrogens with one attached hydrogen (secondary N) is 1. The van der Waals surface area contributed by atoms with Crippen LogP contribution in [0.1, 0.15) is 31.9 Å². The highest BCUT2D eigenvalue weighted by Gasteiger charge is 2.41. The van der Waals surface area contributed by atoms with Crippen LogP contribution in [0.4, 0.5) is 19.0 Å². The molecule has 21 heavy (non-hydrogen) atoms. The maximum Gasteiger partial charge on any atom is 0.391 e. The Morgan fingerprint density at radius 2 is 1.95 bits per heavy atom. The quantitative estimate of drug-likeness (QED) is 0.849. The van der Waals surface area contributed by atoms with Gasteiger partial charge in [-0.05, 0) is 25.8 Å². The topological polar surface area (TPSA) is 41.1 Å². The highest BCUT2D eigenvalue weighted by Crippen LogP contribution is 2.34. The average molecular weight is 302 g/mol. The van der Waals surface area contributed by atoms with Gasteiger partial charge in [0, 0.05) is 19.6 Å². The van der Waals surface area contributed by atoms with E-state index in [0.29, 0.717) is 25.5 Å². The van der Waals surface area contributed by atoms with E-state index in [1.165, 1.54) is 0 Å². The maximum absolute atomic E-state index is 12.6. The third-order valence-electron chi connectivity index (χ3n) is 3.71. The Bertz CT molecular complexity index is 425. The average Bonchev–Trinajstić information content (AvgIpc) is 2.48. The summed E-state index contributed by atoms with van der Waals surface area (Å²) in [7, 11) is 0. The van der Waals surface area contributed by atoms with Crippen molar-refractivity contribution in [2.24, 2.45) is 5.92 Å². The number of piperidine rings is 1. The summed E-state index contributed by atoms with van der Waals surface area (Å²) >= 11 is 0. The standard InChI is InChI=1S/C14H21F3N4/c1-2-5-18-8-12-9-20-13(10-19-12)21-6-3-11(4-7-21)14(15,16)17/h9-11,18H,2-8H2,1H3. The first-order valence-electron chi connectivity index (χ1n) is 7.34. The van der Waals surface area contributed by atoms with Gasteiger partial charge in [-0.3, -0.25) is 4.98 Å². The first-order chi connectivity index (χ1) is 10.0. The lowest BCUT2D eigenvalue weighted by atomic mass is 9.96. The van der Waals surface area contributed by atoms with Gasteiger partial charge in [-0.15, -0.1) is 0 Å². The molecule has 1 fully saturated rings. The Balaban J connectivity index is 1.86. The van der Waals surface area contributed by atoms with Gasteiger partial charge < -0.3 is 10.2 Å². The van der Waals surface area contributed by atoms with Gasteiger partial charge in [0.25, 0.3) is 0 Å². The van der Waals surface area contributed by atoms with Crippen molar-refractivity contribution in [3.8, 4) is 0 Å². The Hall–Kier alpha value is -1.37. The zero-order chi connectivity index (χ0) is 15.3. The third kappa shape index (κ3) is 4.56. The number of nitrogens with zero attached hydrogens (tertiary/aromatic N) is 3. The molecule has 2 heterocycles. The lowest BCUT2D eigenvalue weighted by Crippen LogP contribution is -2.39. The van der Waals surface area contributed by atoms with Gasteiger partial charge in [0.15, 0.2) is 0 Å². The van der Waals surface area contributed by atoms with E-state index in [1.807, 2.05) is 4.90 Å². The van der Waals surface area contributed by atoms with Gasteiger partial charge in [-0.1, -0.05) is 6.92 Å². The number of aromatic nitrogens is 2. The van der Waals surface area contributed by atoms with Crippen LogP contribution in [0.3, 0.4) is 0 Å². The summed E-state index contributed by atoms with van der Waals surface area (Å²) in [6.07, 6.45) is 0.576. The van der Waals surface area contributed by atoms with Crippen molar-refractivity contribution >= 4 is 5.82 Å². The van der Waals surface area contributed by atoms with E-state index in [-0.39, 0.29) is 12.8 Å². The van der Waals surface area contributed by atoms with E-state index in [0.717, 1.165) is 18.7 Å². The summed E-state index contributed by atoms with van der Waals surface area (Å²) in [5.74, 6) is -0.519. The number of rotatable bonds is 5. The van der Waals surface area contributed by atoms with Crippen LogP contribution in [0.5, 0.6) is 0 Å². The van der Waals surface area contributed by atoms with Crippen LogP contribution in [0.15, 0.2) is 12.4 Å². The summed E-state index contributed by atoms with van der Waals surface area (Å²) in [6.45, 7) is 4.44. The summed E-state index contributed by atoms with van der Waals surface area (Å²) < 4.78 is 37.9. The third-order valence-corrected chi connectivity index (χ3v) is 3.71. The zero-order valence-electron chi connectivity index (χ0n) is 12.2. The molecule has 0 amide bonds. The fourth-order valence-electron chi connectivity index (χ4n) is 2.43. The monoisotopic (exact) mass is 302 g/mol. The molecule has 1 saturated heterocycles. The molecule has 1 N–H and O–H groups in total. The number of anilines is 1. The first kappa shape index (κ1) is 16.0.